The zero-order chi connectivity index (χ0) is 13.7. The van der Waals surface area contributed by atoms with E-state index in [1.165, 1.54) is 6.26 Å². The first-order chi connectivity index (χ1) is 9.22. The molecule has 100 valence electrons. The molecule has 0 atom stereocenters. The lowest BCUT2D eigenvalue weighted by Crippen LogP contribution is -1.98. The monoisotopic (exact) mass is 260 g/mol. The van der Waals surface area contributed by atoms with Gasteiger partial charge in [0.15, 0.2) is 0 Å². The van der Waals surface area contributed by atoms with Crippen molar-refractivity contribution in [3.8, 4) is 16.9 Å². The fourth-order valence-electron chi connectivity index (χ4n) is 1.79. The molecule has 0 amide bonds. The van der Waals surface area contributed by atoms with Gasteiger partial charge in [0.05, 0.1) is 12.9 Å². The highest BCUT2D eigenvalue weighted by atomic mass is 16.5. The highest BCUT2D eigenvalue weighted by Gasteiger charge is 2.15. The second kappa shape index (κ2) is 6.09. The van der Waals surface area contributed by atoms with Crippen LogP contribution in [0.15, 0.2) is 41.0 Å². The second-order valence-electron chi connectivity index (χ2n) is 4.20. The van der Waals surface area contributed by atoms with Gasteiger partial charge in [0, 0.05) is 5.56 Å². The van der Waals surface area contributed by atoms with Crippen molar-refractivity contribution < 1.29 is 19.1 Å². The maximum absolute atomic E-state index is 11.0. The van der Waals surface area contributed by atoms with Gasteiger partial charge >= 0.3 is 5.97 Å². The van der Waals surface area contributed by atoms with Crippen LogP contribution in [0.5, 0.6) is 5.75 Å². The van der Waals surface area contributed by atoms with Crippen molar-refractivity contribution in [1.82, 2.24) is 0 Å². The van der Waals surface area contributed by atoms with Crippen LogP contribution in [0.4, 0.5) is 0 Å². The number of carboxylic acids is 1. The van der Waals surface area contributed by atoms with E-state index in [0.29, 0.717) is 12.2 Å². The van der Waals surface area contributed by atoms with Crippen molar-refractivity contribution in [2.75, 3.05) is 6.61 Å². The van der Waals surface area contributed by atoms with Gasteiger partial charge in [-0.05, 0) is 30.2 Å². The summed E-state index contributed by atoms with van der Waals surface area (Å²) in [7, 11) is 0. The van der Waals surface area contributed by atoms with E-state index in [1.54, 1.807) is 6.07 Å². The predicted octanol–water partition coefficient (Wildman–Crippen LogP) is 3.82. The minimum absolute atomic E-state index is 0.0503. The molecule has 0 fully saturated rings. The number of aromatic carboxylic acids is 1. The zero-order valence-corrected chi connectivity index (χ0v) is 10.8. The average molecular weight is 260 g/mol. The molecule has 1 aromatic heterocycles. The van der Waals surface area contributed by atoms with Crippen molar-refractivity contribution >= 4 is 5.97 Å². The van der Waals surface area contributed by atoms with E-state index in [1.807, 2.05) is 24.3 Å². The lowest BCUT2D eigenvalue weighted by molar-refractivity contribution is 0.0663. The number of benzene rings is 1. The van der Waals surface area contributed by atoms with E-state index < -0.39 is 5.97 Å². The van der Waals surface area contributed by atoms with E-state index in [4.69, 9.17) is 14.3 Å². The Morgan fingerprint density at radius 3 is 2.95 bits per heavy atom. The first kappa shape index (κ1) is 13.2. The number of rotatable bonds is 6. The average Bonchev–Trinajstić information content (AvgIpc) is 2.89. The molecule has 2 aromatic rings. The molecule has 19 heavy (non-hydrogen) atoms. The van der Waals surface area contributed by atoms with Gasteiger partial charge in [0.1, 0.15) is 5.75 Å². The molecule has 1 N–H and O–H groups in total. The minimum Gasteiger partial charge on any atom is -0.494 e. The Balaban J connectivity index is 2.22. The summed E-state index contributed by atoms with van der Waals surface area (Å²) in [6.45, 7) is 2.77. The molecule has 0 spiro atoms. The van der Waals surface area contributed by atoms with E-state index in [2.05, 4.69) is 6.92 Å². The Morgan fingerprint density at radius 1 is 1.37 bits per heavy atom. The van der Waals surface area contributed by atoms with E-state index in [9.17, 15) is 4.79 Å². The molecule has 0 bridgehead atoms. The number of furan rings is 1. The fraction of sp³-hybridized carbons (Fsp3) is 0.267. The van der Waals surface area contributed by atoms with Crippen LogP contribution in [0.1, 0.15) is 30.3 Å². The zero-order valence-electron chi connectivity index (χ0n) is 10.8. The van der Waals surface area contributed by atoms with E-state index in [-0.39, 0.29) is 5.76 Å². The Bertz CT molecular complexity index is 557. The standard InChI is InChI=1S/C15H16O4/c1-2-3-8-18-12-6-4-5-11(10-12)13-7-9-19-14(13)15(16)17/h4-7,9-10H,2-3,8H2,1H3,(H,16,17). The summed E-state index contributed by atoms with van der Waals surface area (Å²) < 4.78 is 10.6. The molecule has 0 saturated heterocycles. The smallest absolute Gasteiger partial charge is 0.372 e. The molecule has 0 unspecified atom stereocenters. The van der Waals surface area contributed by atoms with Crippen LogP contribution in [0.3, 0.4) is 0 Å². The van der Waals surface area contributed by atoms with Crippen molar-refractivity contribution in [3.05, 3.63) is 42.4 Å². The van der Waals surface area contributed by atoms with Gasteiger partial charge in [-0.2, -0.15) is 0 Å². The SMILES string of the molecule is CCCCOc1cccc(-c2ccoc2C(=O)O)c1. The number of ether oxygens (including phenoxy) is 1. The topological polar surface area (TPSA) is 59.7 Å². The molecule has 1 heterocycles. The predicted molar refractivity (Wildman–Crippen MR) is 71.5 cm³/mol. The first-order valence-electron chi connectivity index (χ1n) is 6.26. The Labute approximate surface area is 111 Å². The molecule has 2 rings (SSSR count). The molecule has 0 radical (unpaired) electrons. The third-order valence-electron chi connectivity index (χ3n) is 2.77. The van der Waals surface area contributed by atoms with Crippen molar-refractivity contribution in [2.24, 2.45) is 0 Å². The summed E-state index contributed by atoms with van der Waals surface area (Å²) in [6, 6.07) is 9.01. The molecule has 0 aliphatic rings. The highest BCUT2D eigenvalue weighted by molar-refractivity contribution is 5.93. The van der Waals surface area contributed by atoms with Gasteiger partial charge < -0.3 is 14.3 Å². The van der Waals surface area contributed by atoms with Crippen LogP contribution in [0, 0.1) is 0 Å². The van der Waals surface area contributed by atoms with Crippen LogP contribution >= 0.6 is 0 Å². The summed E-state index contributed by atoms with van der Waals surface area (Å²) in [6.07, 6.45) is 3.45. The summed E-state index contributed by atoms with van der Waals surface area (Å²) in [5.41, 5.74) is 1.34. The van der Waals surface area contributed by atoms with Gasteiger partial charge in [-0.15, -0.1) is 0 Å². The second-order valence-corrected chi connectivity index (χ2v) is 4.20. The molecular weight excluding hydrogens is 244 g/mol. The Morgan fingerprint density at radius 2 is 2.21 bits per heavy atom. The van der Waals surface area contributed by atoms with Crippen LogP contribution < -0.4 is 4.74 Å². The molecule has 0 saturated carbocycles. The van der Waals surface area contributed by atoms with E-state index >= 15 is 0 Å². The van der Waals surface area contributed by atoms with Crippen molar-refractivity contribution in [3.63, 3.8) is 0 Å². The third-order valence-corrected chi connectivity index (χ3v) is 2.77. The quantitative estimate of drug-likeness (QED) is 0.802. The van der Waals surface area contributed by atoms with Crippen molar-refractivity contribution in [1.29, 1.82) is 0 Å². The van der Waals surface area contributed by atoms with Gasteiger partial charge in [-0.1, -0.05) is 25.5 Å². The number of hydrogen-bond donors (Lipinski definition) is 1. The normalized spacial score (nSPS) is 10.4. The number of carbonyl (C=O) groups is 1. The molecule has 0 aliphatic heterocycles. The van der Waals surface area contributed by atoms with E-state index in [0.717, 1.165) is 24.2 Å². The maximum atomic E-state index is 11.0. The largest absolute Gasteiger partial charge is 0.494 e. The Hall–Kier alpha value is -2.23. The maximum Gasteiger partial charge on any atom is 0.372 e. The van der Waals surface area contributed by atoms with Gasteiger partial charge in [0.2, 0.25) is 5.76 Å². The Kier molecular flexibility index (Phi) is 4.23. The molecular formula is C15H16O4. The first-order valence-corrected chi connectivity index (χ1v) is 6.26. The van der Waals surface area contributed by atoms with Crippen LogP contribution in [0.25, 0.3) is 11.1 Å². The van der Waals surface area contributed by atoms with Crippen LogP contribution in [-0.2, 0) is 0 Å². The highest BCUT2D eigenvalue weighted by Crippen LogP contribution is 2.28. The number of carboxylic acid groups (broad SMARTS) is 1. The fourth-order valence-corrected chi connectivity index (χ4v) is 1.79. The number of unbranched alkanes of at least 4 members (excludes halogenated alkanes) is 1. The van der Waals surface area contributed by atoms with Gasteiger partial charge in [-0.25, -0.2) is 4.79 Å². The third kappa shape index (κ3) is 3.16. The summed E-state index contributed by atoms with van der Waals surface area (Å²) in [5.74, 6) is -0.383. The van der Waals surface area contributed by atoms with Crippen LogP contribution in [-0.4, -0.2) is 17.7 Å². The summed E-state index contributed by atoms with van der Waals surface area (Å²) >= 11 is 0. The summed E-state index contributed by atoms with van der Waals surface area (Å²) in [5, 5.41) is 9.03. The van der Waals surface area contributed by atoms with Crippen molar-refractivity contribution in [2.45, 2.75) is 19.8 Å². The molecule has 4 nitrogen and oxygen atoms in total. The van der Waals surface area contributed by atoms with Crippen LogP contribution in [0.2, 0.25) is 0 Å². The lowest BCUT2D eigenvalue weighted by atomic mass is 10.1. The minimum atomic E-state index is -1.07. The number of hydrogen-bond acceptors (Lipinski definition) is 3. The molecule has 1 aromatic carbocycles. The summed E-state index contributed by atoms with van der Waals surface area (Å²) in [4.78, 5) is 11.0. The van der Waals surface area contributed by atoms with Gasteiger partial charge in [-0.3, -0.25) is 0 Å². The van der Waals surface area contributed by atoms with Gasteiger partial charge in [0.25, 0.3) is 0 Å². The lowest BCUT2D eigenvalue weighted by Gasteiger charge is -2.07. The molecule has 0 aliphatic carbocycles. The molecule has 4 heteroatoms.